The SMILES string of the molecule is OC(CCN1CC2CCN1CC2)(c1ccccc1)c1ccccc1. The Morgan fingerprint density at radius 2 is 1.42 bits per heavy atom. The molecule has 3 aliphatic heterocycles. The fourth-order valence-electron chi connectivity index (χ4n) is 4.20. The van der Waals surface area contributed by atoms with Crippen LogP contribution in [0.1, 0.15) is 30.4 Å². The summed E-state index contributed by atoms with van der Waals surface area (Å²) in [6, 6.07) is 20.2. The van der Waals surface area contributed by atoms with E-state index >= 15 is 0 Å². The number of nitrogens with zero attached hydrogens (tertiary/aromatic N) is 2. The van der Waals surface area contributed by atoms with Gasteiger partial charge in [-0.2, -0.15) is 0 Å². The van der Waals surface area contributed by atoms with Crippen LogP contribution in [0.3, 0.4) is 0 Å². The van der Waals surface area contributed by atoms with Crippen LogP contribution in [0.5, 0.6) is 0 Å². The van der Waals surface area contributed by atoms with E-state index in [9.17, 15) is 5.11 Å². The first-order chi connectivity index (χ1) is 11.8. The summed E-state index contributed by atoms with van der Waals surface area (Å²) in [6.45, 7) is 4.41. The molecular weight excluding hydrogens is 296 g/mol. The molecule has 3 fully saturated rings. The first-order valence-corrected chi connectivity index (χ1v) is 9.09. The molecule has 2 aromatic rings. The Hall–Kier alpha value is -1.68. The normalized spacial score (nSPS) is 24.2. The number of hydrogen-bond acceptors (Lipinski definition) is 3. The van der Waals surface area contributed by atoms with Crippen molar-refractivity contribution in [1.29, 1.82) is 0 Å². The van der Waals surface area contributed by atoms with Gasteiger partial charge in [0.15, 0.2) is 0 Å². The van der Waals surface area contributed by atoms with Gasteiger partial charge in [-0.15, -0.1) is 0 Å². The molecule has 24 heavy (non-hydrogen) atoms. The van der Waals surface area contributed by atoms with E-state index in [-0.39, 0.29) is 0 Å². The molecule has 5 rings (SSSR count). The zero-order valence-corrected chi connectivity index (χ0v) is 14.1. The summed E-state index contributed by atoms with van der Waals surface area (Å²) in [4.78, 5) is 0. The molecule has 1 N–H and O–H groups in total. The Kier molecular flexibility index (Phi) is 4.40. The van der Waals surface area contributed by atoms with Crippen LogP contribution in [0.25, 0.3) is 0 Å². The summed E-state index contributed by atoms with van der Waals surface area (Å²) in [5.41, 5.74) is 1.03. The van der Waals surface area contributed by atoms with Crippen molar-refractivity contribution < 1.29 is 5.11 Å². The molecule has 0 saturated carbocycles. The highest BCUT2D eigenvalue weighted by Gasteiger charge is 2.36. The first kappa shape index (κ1) is 15.8. The van der Waals surface area contributed by atoms with Gasteiger partial charge >= 0.3 is 0 Å². The second kappa shape index (κ2) is 6.67. The Labute approximate surface area is 144 Å². The molecule has 0 spiro atoms. The van der Waals surface area contributed by atoms with Crippen molar-refractivity contribution in [2.45, 2.75) is 24.9 Å². The van der Waals surface area contributed by atoms with E-state index in [0.717, 1.165) is 30.1 Å². The van der Waals surface area contributed by atoms with Crippen molar-refractivity contribution in [2.75, 3.05) is 26.2 Å². The van der Waals surface area contributed by atoms with Gasteiger partial charge in [0.2, 0.25) is 0 Å². The van der Waals surface area contributed by atoms with Crippen LogP contribution in [0.15, 0.2) is 60.7 Å². The molecule has 0 unspecified atom stereocenters. The maximum absolute atomic E-state index is 11.6. The van der Waals surface area contributed by atoms with Crippen LogP contribution in [-0.4, -0.2) is 41.3 Å². The third-order valence-corrected chi connectivity index (χ3v) is 5.69. The Balaban J connectivity index is 1.57. The molecule has 0 aromatic heterocycles. The average Bonchev–Trinajstić information content (AvgIpc) is 2.68. The van der Waals surface area contributed by atoms with Gasteiger partial charge in [-0.1, -0.05) is 60.7 Å². The second-order valence-corrected chi connectivity index (χ2v) is 7.15. The van der Waals surface area contributed by atoms with Gasteiger partial charge < -0.3 is 5.11 Å². The van der Waals surface area contributed by atoms with Gasteiger partial charge in [-0.05, 0) is 36.3 Å². The lowest BCUT2D eigenvalue weighted by Gasteiger charge is -2.48. The molecule has 3 saturated heterocycles. The Bertz CT molecular complexity index is 611. The number of piperidine rings is 1. The van der Waals surface area contributed by atoms with Crippen molar-refractivity contribution in [2.24, 2.45) is 5.92 Å². The molecule has 3 aliphatic rings. The van der Waals surface area contributed by atoms with Crippen molar-refractivity contribution in [1.82, 2.24) is 10.0 Å². The van der Waals surface area contributed by atoms with Crippen LogP contribution in [0.2, 0.25) is 0 Å². The Morgan fingerprint density at radius 3 is 1.88 bits per heavy atom. The fraction of sp³-hybridized carbons (Fsp3) is 0.429. The highest BCUT2D eigenvalue weighted by molar-refractivity contribution is 5.35. The molecule has 0 aliphatic carbocycles. The molecule has 3 heterocycles. The van der Waals surface area contributed by atoms with Crippen LogP contribution in [-0.2, 0) is 5.60 Å². The predicted octanol–water partition coefficient (Wildman–Crippen LogP) is 3.26. The summed E-state index contributed by atoms with van der Waals surface area (Å²) in [5, 5.41) is 16.6. The van der Waals surface area contributed by atoms with Gasteiger partial charge in [0, 0.05) is 26.2 Å². The molecule has 126 valence electrons. The molecular formula is C21H26N2O. The van der Waals surface area contributed by atoms with Crippen molar-refractivity contribution >= 4 is 0 Å². The van der Waals surface area contributed by atoms with Crippen LogP contribution in [0, 0.1) is 5.92 Å². The molecule has 2 bridgehead atoms. The molecule has 3 heteroatoms. The maximum Gasteiger partial charge on any atom is 0.116 e. The van der Waals surface area contributed by atoms with E-state index in [1.54, 1.807) is 0 Å². The van der Waals surface area contributed by atoms with E-state index < -0.39 is 5.60 Å². The zero-order chi connectivity index (χ0) is 16.4. The minimum absolute atomic E-state index is 0.713. The number of fused-ring (bicyclic) bond motifs is 3. The Morgan fingerprint density at radius 1 is 0.875 bits per heavy atom. The summed E-state index contributed by atoms with van der Waals surface area (Å²) in [5.74, 6) is 0.844. The highest BCUT2D eigenvalue weighted by Crippen LogP contribution is 2.34. The van der Waals surface area contributed by atoms with E-state index in [1.165, 1.54) is 25.9 Å². The lowest BCUT2D eigenvalue weighted by Crippen LogP contribution is -2.56. The number of aliphatic hydroxyl groups is 1. The third kappa shape index (κ3) is 3.00. The molecule has 0 amide bonds. The van der Waals surface area contributed by atoms with Crippen molar-refractivity contribution in [3.8, 4) is 0 Å². The zero-order valence-electron chi connectivity index (χ0n) is 14.1. The number of benzene rings is 2. The third-order valence-electron chi connectivity index (χ3n) is 5.69. The van der Waals surface area contributed by atoms with Crippen LogP contribution in [0.4, 0.5) is 0 Å². The van der Waals surface area contributed by atoms with Crippen molar-refractivity contribution in [3.63, 3.8) is 0 Å². The first-order valence-electron chi connectivity index (χ1n) is 9.09. The van der Waals surface area contributed by atoms with Gasteiger partial charge in [-0.3, -0.25) is 0 Å². The minimum Gasteiger partial charge on any atom is -0.380 e. The van der Waals surface area contributed by atoms with Gasteiger partial charge in [0.1, 0.15) is 5.60 Å². The molecule has 0 atom stereocenters. The van der Waals surface area contributed by atoms with E-state index in [2.05, 4.69) is 10.0 Å². The molecule has 3 nitrogen and oxygen atoms in total. The second-order valence-electron chi connectivity index (χ2n) is 7.15. The summed E-state index contributed by atoms with van der Waals surface area (Å²) < 4.78 is 0. The molecule has 0 radical (unpaired) electrons. The van der Waals surface area contributed by atoms with Gasteiger partial charge in [0.05, 0.1) is 0 Å². The number of hydrogen-bond donors (Lipinski definition) is 1. The lowest BCUT2D eigenvalue weighted by molar-refractivity contribution is -0.118. The van der Waals surface area contributed by atoms with Crippen LogP contribution < -0.4 is 0 Å². The maximum atomic E-state index is 11.6. The van der Waals surface area contributed by atoms with E-state index in [0.29, 0.717) is 6.42 Å². The average molecular weight is 322 g/mol. The standard InChI is InChI=1S/C21H26N2O/c24-21(19-7-3-1-4-8-19,20-9-5-2-6-10-20)13-16-23-17-18-11-14-22(23)15-12-18/h1-10,18,24H,11-17H2. The van der Waals surface area contributed by atoms with Crippen LogP contribution >= 0.6 is 0 Å². The summed E-state index contributed by atoms with van der Waals surface area (Å²) >= 11 is 0. The largest absolute Gasteiger partial charge is 0.380 e. The van der Waals surface area contributed by atoms with Gasteiger partial charge in [-0.25, -0.2) is 10.0 Å². The molecule has 2 aromatic carbocycles. The monoisotopic (exact) mass is 322 g/mol. The summed E-state index contributed by atoms with van der Waals surface area (Å²) in [7, 11) is 0. The lowest BCUT2D eigenvalue weighted by atomic mass is 9.83. The predicted molar refractivity (Wildman–Crippen MR) is 96.4 cm³/mol. The van der Waals surface area contributed by atoms with Crippen molar-refractivity contribution in [3.05, 3.63) is 71.8 Å². The van der Waals surface area contributed by atoms with Gasteiger partial charge in [0.25, 0.3) is 0 Å². The number of hydrazine groups is 1. The minimum atomic E-state index is -0.930. The fourth-order valence-corrected chi connectivity index (χ4v) is 4.20. The summed E-state index contributed by atoms with van der Waals surface area (Å²) in [6.07, 6.45) is 3.38. The van der Waals surface area contributed by atoms with E-state index in [1.807, 2.05) is 60.7 Å². The number of rotatable bonds is 5. The smallest absolute Gasteiger partial charge is 0.116 e. The highest BCUT2D eigenvalue weighted by atomic mass is 16.3. The van der Waals surface area contributed by atoms with E-state index in [4.69, 9.17) is 0 Å². The topological polar surface area (TPSA) is 26.7 Å². The quantitative estimate of drug-likeness (QED) is 0.915.